The van der Waals surface area contributed by atoms with Gasteiger partial charge < -0.3 is 10.4 Å². The molecule has 6 heteroatoms. The van der Waals surface area contributed by atoms with Crippen LogP contribution in [0.2, 0.25) is 0 Å². The molecule has 1 aromatic rings. The molecule has 0 radical (unpaired) electrons. The van der Waals surface area contributed by atoms with Gasteiger partial charge in [0, 0.05) is 6.04 Å². The van der Waals surface area contributed by atoms with Crippen LogP contribution in [-0.2, 0) is 0 Å². The highest BCUT2D eigenvalue weighted by Gasteiger charge is 2.14. The minimum absolute atomic E-state index is 0.0234. The lowest BCUT2D eigenvalue weighted by molar-refractivity contribution is 0.0690. The molecule has 1 fully saturated rings. The van der Waals surface area contributed by atoms with Gasteiger partial charge in [0.2, 0.25) is 0 Å². The first-order valence-corrected chi connectivity index (χ1v) is 6.31. The molecule has 0 amide bonds. The van der Waals surface area contributed by atoms with Gasteiger partial charge in [0.05, 0.1) is 12.4 Å². The third-order valence-corrected chi connectivity index (χ3v) is 3.49. The summed E-state index contributed by atoms with van der Waals surface area (Å²) in [7, 11) is 0. The van der Waals surface area contributed by atoms with Crippen molar-refractivity contribution in [3.63, 3.8) is 0 Å². The number of anilines is 1. The monoisotopic (exact) mass is 239 g/mol. The lowest BCUT2D eigenvalue weighted by Gasteiger charge is -2.22. The van der Waals surface area contributed by atoms with Crippen LogP contribution in [0.5, 0.6) is 0 Å². The smallest absolute Gasteiger partial charge is 0.356 e. The Bertz CT molecular complexity index is 363. The third-order valence-electron chi connectivity index (χ3n) is 2.44. The molecular formula is C10H13N3O2S. The van der Waals surface area contributed by atoms with Crippen molar-refractivity contribution in [2.75, 3.05) is 16.8 Å². The van der Waals surface area contributed by atoms with Gasteiger partial charge in [0.25, 0.3) is 0 Å². The van der Waals surface area contributed by atoms with E-state index < -0.39 is 5.97 Å². The number of thioether (sulfide) groups is 1. The average Bonchev–Trinajstić information content (AvgIpc) is 2.31. The number of hydrogen-bond donors (Lipinski definition) is 2. The molecule has 0 spiro atoms. The number of hydrogen-bond acceptors (Lipinski definition) is 5. The average molecular weight is 239 g/mol. The first-order valence-electron chi connectivity index (χ1n) is 5.15. The Kier molecular flexibility index (Phi) is 3.61. The van der Waals surface area contributed by atoms with Crippen LogP contribution in [0, 0.1) is 0 Å². The highest BCUT2D eigenvalue weighted by atomic mass is 32.2. The third kappa shape index (κ3) is 2.85. The molecule has 2 rings (SSSR count). The Hall–Kier alpha value is -1.30. The van der Waals surface area contributed by atoms with Crippen molar-refractivity contribution in [2.24, 2.45) is 0 Å². The van der Waals surface area contributed by atoms with Gasteiger partial charge in [0.1, 0.15) is 5.82 Å². The quantitative estimate of drug-likeness (QED) is 0.832. The number of aromatic carboxylic acids is 1. The molecule has 2 heterocycles. The standard InChI is InChI=1S/C10H13N3O2S/c14-10(15)8-5-12-9(6-11-8)13-7-1-3-16-4-2-7/h5-7H,1-4H2,(H,12,13)(H,14,15). The van der Waals surface area contributed by atoms with Gasteiger partial charge in [0.15, 0.2) is 5.69 Å². The van der Waals surface area contributed by atoms with Crippen LogP contribution >= 0.6 is 11.8 Å². The summed E-state index contributed by atoms with van der Waals surface area (Å²) in [6, 6.07) is 0.436. The van der Waals surface area contributed by atoms with Gasteiger partial charge >= 0.3 is 5.97 Å². The van der Waals surface area contributed by atoms with E-state index in [0.717, 1.165) is 24.3 Å². The van der Waals surface area contributed by atoms with Crippen molar-refractivity contribution in [1.29, 1.82) is 0 Å². The summed E-state index contributed by atoms with van der Waals surface area (Å²) in [6.07, 6.45) is 4.99. The lowest BCUT2D eigenvalue weighted by Crippen LogP contribution is -2.25. The van der Waals surface area contributed by atoms with Crippen LogP contribution in [0.15, 0.2) is 12.4 Å². The molecule has 0 bridgehead atoms. The second-order valence-electron chi connectivity index (χ2n) is 3.62. The van der Waals surface area contributed by atoms with Crippen molar-refractivity contribution in [2.45, 2.75) is 18.9 Å². The largest absolute Gasteiger partial charge is 0.476 e. The second-order valence-corrected chi connectivity index (χ2v) is 4.85. The summed E-state index contributed by atoms with van der Waals surface area (Å²) in [5.74, 6) is 1.94. The maximum absolute atomic E-state index is 10.6. The fraction of sp³-hybridized carbons (Fsp3) is 0.500. The van der Waals surface area contributed by atoms with E-state index in [2.05, 4.69) is 15.3 Å². The zero-order chi connectivity index (χ0) is 11.4. The van der Waals surface area contributed by atoms with Crippen molar-refractivity contribution >= 4 is 23.5 Å². The molecular weight excluding hydrogens is 226 g/mol. The topological polar surface area (TPSA) is 75.1 Å². The van der Waals surface area contributed by atoms with Crippen molar-refractivity contribution in [3.05, 3.63) is 18.1 Å². The van der Waals surface area contributed by atoms with E-state index in [0.29, 0.717) is 11.9 Å². The van der Waals surface area contributed by atoms with Gasteiger partial charge in [-0.25, -0.2) is 14.8 Å². The van der Waals surface area contributed by atoms with Crippen molar-refractivity contribution in [1.82, 2.24) is 9.97 Å². The van der Waals surface area contributed by atoms with Crippen LogP contribution < -0.4 is 5.32 Å². The Labute approximate surface area is 97.7 Å². The summed E-state index contributed by atoms with van der Waals surface area (Å²) in [5, 5.41) is 11.9. The molecule has 1 aliphatic rings. The van der Waals surface area contributed by atoms with E-state index in [1.165, 1.54) is 12.4 Å². The first-order chi connectivity index (χ1) is 7.75. The lowest BCUT2D eigenvalue weighted by atomic mass is 10.1. The number of nitrogens with one attached hydrogen (secondary N) is 1. The van der Waals surface area contributed by atoms with Crippen LogP contribution in [0.3, 0.4) is 0 Å². The maximum Gasteiger partial charge on any atom is 0.356 e. The fourth-order valence-electron chi connectivity index (χ4n) is 1.56. The molecule has 86 valence electrons. The fourth-order valence-corrected chi connectivity index (χ4v) is 2.67. The summed E-state index contributed by atoms with van der Waals surface area (Å²) in [6.45, 7) is 0. The Balaban J connectivity index is 1.96. The molecule has 1 aromatic heterocycles. The number of carboxylic acid groups (broad SMARTS) is 1. The Morgan fingerprint density at radius 2 is 2.12 bits per heavy atom. The minimum Gasteiger partial charge on any atom is -0.476 e. The molecule has 0 aliphatic carbocycles. The van der Waals surface area contributed by atoms with Crippen molar-refractivity contribution in [3.8, 4) is 0 Å². The van der Waals surface area contributed by atoms with Gasteiger partial charge in [-0.2, -0.15) is 11.8 Å². The number of nitrogens with zero attached hydrogens (tertiary/aromatic N) is 2. The van der Waals surface area contributed by atoms with E-state index in [1.54, 1.807) is 0 Å². The summed E-state index contributed by atoms with van der Waals surface area (Å²) in [5.41, 5.74) is -0.0234. The molecule has 1 aliphatic heterocycles. The predicted octanol–water partition coefficient (Wildman–Crippen LogP) is 1.48. The molecule has 0 aromatic carbocycles. The molecule has 2 N–H and O–H groups in total. The van der Waals surface area contributed by atoms with Crippen LogP contribution in [0.25, 0.3) is 0 Å². The van der Waals surface area contributed by atoms with E-state index in [4.69, 9.17) is 5.11 Å². The Morgan fingerprint density at radius 3 is 2.69 bits per heavy atom. The number of carboxylic acids is 1. The zero-order valence-electron chi connectivity index (χ0n) is 8.72. The van der Waals surface area contributed by atoms with E-state index >= 15 is 0 Å². The van der Waals surface area contributed by atoms with Crippen LogP contribution in [-0.4, -0.2) is 38.6 Å². The highest BCUT2D eigenvalue weighted by molar-refractivity contribution is 7.99. The van der Waals surface area contributed by atoms with Crippen LogP contribution in [0.1, 0.15) is 23.3 Å². The number of carbonyl (C=O) groups is 1. The van der Waals surface area contributed by atoms with Gasteiger partial charge in [-0.05, 0) is 24.3 Å². The highest BCUT2D eigenvalue weighted by Crippen LogP contribution is 2.19. The second kappa shape index (κ2) is 5.16. The van der Waals surface area contributed by atoms with E-state index in [1.807, 2.05) is 11.8 Å². The van der Waals surface area contributed by atoms with E-state index in [9.17, 15) is 4.79 Å². The summed E-state index contributed by atoms with van der Waals surface area (Å²) >= 11 is 1.96. The van der Waals surface area contributed by atoms with Crippen molar-refractivity contribution < 1.29 is 9.90 Å². The number of rotatable bonds is 3. The summed E-state index contributed by atoms with van der Waals surface area (Å²) < 4.78 is 0. The zero-order valence-corrected chi connectivity index (χ0v) is 9.54. The molecule has 0 unspecified atom stereocenters. The number of aromatic nitrogens is 2. The van der Waals surface area contributed by atoms with Gasteiger partial charge in [-0.15, -0.1) is 0 Å². The first kappa shape index (κ1) is 11.2. The molecule has 0 atom stereocenters. The van der Waals surface area contributed by atoms with Gasteiger partial charge in [-0.1, -0.05) is 0 Å². The molecule has 5 nitrogen and oxygen atoms in total. The molecule has 16 heavy (non-hydrogen) atoms. The Morgan fingerprint density at radius 1 is 1.38 bits per heavy atom. The van der Waals surface area contributed by atoms with E-state index in [-0.39, 0.29) is 5.69 Å². The maximum atomic E-state index is 10.6. The minimum atomic E-state index is -1.05. The SMILES string of the molecule is O=C(O)c1cnc(NC2CCSCC2)cn1. The van der Waals surface area contributed by atoms with Crippen LogP contribution in [0.4, 0.5) is 5.82 Å². The predicted molar refractivity (Wildman–Crippen MR) is 63.0 cm³/mol. The molecule has 1 saturated heterocycles. The van der Waals surface area contributed by atoms with Gasteiger partial charge in [-0.3, -0.25) is 0 Å². The summed E-state index contributed by atoms with van der Waals surface area (Å²) in [4.78, 5) is 18.4. The molecule has 0 saturated carbocycles. The normalized spacial score (nSPS) is 17.0.